The van der Waals surface area contributed by atoms with Crippen molar-refractivity contribution in [1.29, 1.82) is 0 Å². The van der Waals surface area contributed by atoms with Crippen molar-refractivity contribution < 1.29 is 18.0 Å². The van der Waals surface area contributed by atoms with Gasteiger partial charge in [-0.2, -0.15) is 5.10 Å². The number of benzene rings is 4. The van der Waals surface area contributed by atoms with Gasteiger partial charge in [-0.05, 0) is 92.1 Å². The number of nitrogens with zero attached hydrogens (tertiary/aromatic N) is 2. The number of nitrogens with one attached hydrogen (secondary N) is 2. The predicted octanol–water partition coefficient (Wildman–Crippen LogP) is 5.94. The third kappa shape index (κ3) is 7.39. The highest BCUT2D eigenvalue weighted by atomic mass is 35.5. The van der Waals surface area contributed by atoms with Gasteiger partial charge in [0, 0.05) is 16.3 Å². The highest BCUT2D eigenvalue weighted by molar-refractivity contribution is 7.92. The van der Waals surface area contributed by atoms with Crippen LogP contribution in [0.5, 0.6) is 0 Å². The van der Waals surface area contributed by atoms with E-state index in [1.807, 2.05) is 19.9 Å². The van der Waals surface area contributed by atoms with Crippen LogP contribution in [0.3, 0.4) is 0 Å². The van der Waals surface area contributed by atoms with Crippen molar-refractivity contribution in [1.82, 2.24) is 5.43 Å². The molecule has 0 atom stereocenters. The summed E-state index contributed by atoms with van der Waals surface area (Å²) in [7, 11) is -4.04. The molecule has 4 aromatic rings. The van der Waals surface area contributed by atoms with E-state index in [1.165, 1.54) is 12.1 Å². The molecule has 0 aliphatic rings. The van der Waals surface area contributed by atoms with Crippen molar-refractivity contribution in [2.24, 2.45) is 5.10 Å². The number of hydrogen-bond acceptors (Lipinski definition) is 5. The topological polar surface area (TPSA) is 108 Å². The van der Waals surface area contributed by atoms with Crippen molar-refractivity contribution in [3.8, 4) is 0 Å². The molecule has 4 rings (SSSR count). The zero-order valence-electron chi connectivity index (χ0n) is 22.8. The summed E-state index contributed by atoms with van der Waals surface area (Å²) in [6.07, 6.45) is 0. The lowest BCUT2D eigenvalue weighted by molar-refractivity contribution is -0.119. The minimum absolute atomic E-state index is 0.0716. The first-order valence-corrected chi connectivity index (χ1v) is 14.5. The van der Waals surface area contributed by atoms with Crippen LogP contribution in [0, 0.1) is 13.8 Å². The van der Waals surface area contributed by atoms with Crippen LogP contribution in [0.2, 0.25) is 5.02 Å². The minimum atomic E-state index is -4.04. The fourth-order valence-corrected chi connectivity index (χ4v) is 5.57. The Morgan fingerprint density at radius 1 is 0.829 bits per heavy atom. The molecular weight excluding hydrogens is 560 g/mol. The summed E-state index contributed by atoms with van der Waals surface area (Å²) in [5.74, 6) is -0.939. The highest BCUT2D eigenvalue weighted by Gasteiger charge is 2.27. The zero-order valence-corrected chi connectivity index (χ0v) is 24.3. The minimum Gasteiger partial charge on any atom is -0.322 e. The summed E-state index contributed by atoms with van der Waals surface area (Å²) in [4.78, 5) is 25.7. The van der Waals surface area contributed by atoms with Crippen LogP contribution < -0.4 is 15.0 Å². The number of sulfonamides is 1. The Morgan fingerprint density at radius 2 is 1.54 bits per heavy atom. The van der Waals surface area contributed by atoms with Gasteiger partial charge >= 0.3 is 0 Å². The van der Waals surface area contributed by atoms with Gasteiger partial charge in [0.15, 0.2) is 0 Å². The molecule has 0 aliphatic carbocycles. The largest absolute Gasteiger partial charge is 0.322 e. The third-order valence-corrected chi connectivity index (χ3v) is 8.39. The number of carbonyl (C=O) groups is 2. The summed E-state index contributed by atoms with van der Waals surface area (Å²) >= 11 is 5.99. The van der Waals surface area contributed by atoms with Gasteiger partial charge in [0.05, 0.1) is 16.3 Å². The van der Waals surface area contributed by atoms with Gasteiger partial charge in [-0.3, -0.25) is 13.9 Å². The van der Waals surface area contributed by atoms with E-state index in [4.69, 9.17) is 11.6 Å². The molecule has 2 amide bonds. The fourth-order valence-electron chi connectivity index (χ4n) is 3.95. The molecule has 10 heteroatoms. The normalized spacial score (nSPS) is 11.6. The van der Waals surface area contributed by atoms with E-state index in [0.29, 0.717) is 33.2 Å². The van der Waals surface area contributed by atoms with Crippen molar-refractivity contribution in [2.75, 3.05) is 16.2 Å². The number of hydrazone groups is 1. The summed E-state index contributed by atoms with van der Waals surface area (Å²) in [5.41, 5.74) is 6.79. The van der Waals surface area contributed by atoms with Crippen LogP contribution in [0.25, 0.3) is 0 Å². The monoisotopic (exact) mass is 588 g/mol. The summed E-state index contributed by atoms with van der Waals surface area (Å²) in [6.45, 7) is 5.02. The Labute approximate surface area is 244 Å². The molecule has 2 N–H and O–H groups in total. The summed E-state index contributed by atoms with van der Waals surface area (Å²) in [6, 6.07) is 26.8. The second-order valence-electron chi connectivity index (χ2n) is 9.37. The van der Waals surface area contributed by atoms with Crippen LogP contribution in [0.15, 0.2) is 107 Å². The van der Waals surface area contributed by atoms with E-state index in [1.54, 1.807) is 85.8 Å². The Hall–Kier alpha value is -4.47. The smallest absolute Gasteiger partial charge is 0.264 e. The molecule has 0 aromatic heterocycles. The number of aryl methyl sites for hydroxylation is 2. The van der Waals surface area contributed by atoms with Gasteiger partial charge in [-0.15, -0.1) is 0 Å². The quantitative estimate of drug-likeness (QED) is 0.186. The molecular formula is C31H29ClN4O4S. The van der Waals surface area contributed by atoms with E-state index < -0.39 is 22.5 Å². The molecule has 0 bridgehead atoms. The van der Waals surface area contributed by atoms with Gasteiger partial charge in [-0.25, -0.2) is 13.8 Å². The van der Waals surface area contributed by atoms with E-state index in [2.05, 4.69) is 15.8 Å². The molecule has 0 unspecified atom stereocenters. The van der Waals surface area contributed by atoms with Crippen molar-refractivity contribution in [2.45, 2.75) is 25.7 Å². The lowest BCUT2D eigenvalue weighted by Gasteiger charge is -2.24. The van der Waals surface area contributed by atoms with Crippen LogP contribution in [0.1, 0.15) is 34.0 Å². The molecule has 4 aromatic carbocycles. The molecule has 41 heavy (non-hydrogen) atoms. The molecule has 8 nitrogen and oxygen atoms in total. The first-order chi connectivity index (χ1) is 19.5. The van der Waals surface area contributed by atoms with Gasteiger partial charge in [0.1, 0.15) is 6.54 Å². The van der Waals surface area contributed by atoms with Gasteiger partial charge in [-0.1, -0.05) is 54.1 Å². The second-order valence-corrected chi connectivity index (χ2v) is 11.7. The standard InChI is InChI=1S/C31H29ClN4O4S/c1-21-15-16-28(17-22(21)2)36(41(39,40)29-13-5-4-6-14-29)20-30(37)35-34-23(3)24-9-8-12-27(19-24)33-31(38)25-10-7-11-26(32)18-25/h4-19H,20H2,1-3H3,(H,33,38)(H,35,37)/b34-23+. The van der Waals surface area contributed by atoms with Crippen molar-refractivity contribution in [3.63, 3.8) is 0 Å². The number of amides is 2. The van der Waals surface area contributed by atoms with Crippen LogP contribution >= 0.6 is 11.6 Å². The molecule has 0 saturated heterocycles. The van der Waals surface area contributed by atoms with Crippen molar-refractivity contribution in [3.05, 3.63) is 124 Å². The van der Waals surface area contributed by atoms with E-state index in [9.17, 15) is 18.0 Å². The lowest BCUT2D eigenvalue weighted by atomic mass is 10.1. The number of halogens is 1. The average Bonchev–Trinajstić information content (AvgIpc) is 2.96. The second kappa shape index (κ2) is 12.8. The number of anilines is 2. The lowest BCUT2D eigenvalue weighted by Crippen LogP contribution is -2.39. The Bertz CT molecular complexity index is 1720. The summed E-state index contributed by atoms with van der Waals surface area (Å²) in [5, 5.41) is 7.46. The molecule has 210 valence electrons. The first kappa shape index (κ1) is 29.5. The highest BCUT2D eigenvalue weighted by Crippen LogP contribution is 2.25. The number of hydrogen-bond donors (Lipinski definition) is 2. The van der Waals surface area contributed by atoms with Crippen molar-refractivity contribution >= 4 is 50.5 Å². The fraction of sp³-hybridized carbons (Fsp3) is 0.129. The first-order valence-electron chi connectivity index (χ1n) is 12.7. The molecule has 0 heterocycles. The SMILES string of the molecule is C/C(=N\NC(=O)CN(c1ccc(C)c(C)c1)S(=O)(=O)c1ccccc1)c1cccc(NC(=O)c2cccc(Cl)c2)c1. The molecule has 0 saturated carbocycles. The summed E-state index contributed by atoms with van der Waals surface area (Å²) < 4.78 is 28.1. The molecule has 0 fully saturated rings. The predicted molar refractivity (Wildman–Crippen MR) is 163 cm³/mol. The van der Waals surface area contributed by atoms with Gasteiger partial charge in [0.25, 0.3) is 21.8 Å². The van der Waals surface area contributed by atoms with Crippen LogP contribution in [-0.4, -0.2) is 32.5 Å². The molecule has 0 spiro atoms. The number of carbonyl (C=O) groups excluding carboxylic acids is 2. The number of rotatable bonds is 9. The maximum absolute atomic E-state index is 13.5. The van der Waals surface area contributed by atoms with E-state index >= 15 is 0 Å². The Morgan fingerprint density at radius 3 is 2.24 bits per heavy atom. The van der Waals surface area contributed by atoms with E-state index in [-0.39, 0.29) is 10.8 Å². The maximum Gasteiger partial charge on any atom is 0.264 e. The van der Waals surface area contributed by atoms with E-state index in [0.717, 1.165) is 15.4 Å². The average molecular weight is 589 g/mol. The molecule has 0 radical (unpaired) electrons. The molecule has 0 aliphatic heterocycles. The van der Waals surface area contributed by atoms with Crippen LogP contribution in [0.4, 0.5) is 11.4 Å². The van der Waals surface area contributed by atoms with Gasteiger partial charge in [0.2, 0.25) is 0 Å². The third-order valence-electron chi connectivity index (χ3n) is 6.37. The Kier molecular flexibility index (Phi) is 9.21. The van der Waals surface area contributed by atoms with Crippen LogP contribution in [-0.2, 0) is 14.8 Å². The zero-order chi connectivity index (χ0) is 29.6. The van der Waals surface area contributed by atoms with Gasteiger partial charge < -0.3 is 5.32 Å². The Balaban J connectivity index is 1.51. The maximum atomic E-state index is 13.5.